The number of hydrogen-bond donors (Lipinski definition) is 2. The topological polar surface area (TPSA) is 90.3 Å². The number of phenols is 1. The molecule has 2 amide bonds. The molecule has 2 aliphatic heterocycles. The molecule has 1 radical (unpaired) electrons. The van der Waals surface area contributed by atoms with Crippen molar-refractivity contribution in [3.05, 3.63) is 209 Å². The number of amides is 2. The first-order valence-corrected chi connectivity index (χ1v) is 25.9. The molecule has 8 rings (SSSR count). The van der Waals surface area contributed by atoms with Gasteiger partial charge in [-0.1, -0.05) is 99.2 Å². The van der Waals surface area contributed by atoms with Crippen LogP contribution in [0.5, 0.6) is 5.75 Å². The van der Waals surface area contributed by atoms with Gasteiger partial charge in [-0.15, -0.1) is 0 Å². The molecule has 14 heteroatoms. The number of anilines is 2. The minimum Gasteiger partial charge on any atom is -1.00 e. The zero-order chi connectivity index (χ0) is 49.6. The second-order valence-corrected chi connectivity index (χ2v) is 23.9. The fourth-order valence-electron chi connectivity index (χ4n) is 8.41. The number of benzene rings is 6. The second-order valence-electron chi connectivity index (χ2n) is 19.1. The summed E-state index contributed by atoms with van der Waals surface area (Å²) in [5.41, 5.74) is 7.43. The molecule has 7 nitrogen and oxygen atoms in total. The number of aromatic hydroxyl groups is 1. The van der Waals surface area contributed by atoms with Crippen LogP contribution in [0.25, 0.3) is 11.1 Å². The number of aliphatic hydroxyl groups excluding tert-OH is 1. The van der Waals surface area contributed by atoms with Gasteiger partial charge in [0.15, 0.2) is 8.32 Å². The van der Waals surface area contributed by atoms with Crippen molar-refractivity contribution in [1.82, 2.24) is 0 Å². The standard InChI is InChI=1S/C32H37F2NO2Si.C25H21F2NO3.HI.V/c1-22-7-9-24(10-8-22)30-29(31(36)35(30)28-18-16-27(34)17-19-28)20-13-25(23-11-14-26(33)15-12-23)21-37-38(5,6)32(2,3)4;26-19-6-1-16(2-7-19)18(15-29)5-14-23-24(17-3-12-22(30)13-4-17)28(25(23)31)21-10-8-20(27)9-11-21;;/h7-19,29-30H,20-21H2,1-6H3;1-13,23-24,29-30H,14-15H2;1H;/p-1/b25-13+;18-5+;;/t29-,30-;23-,24-;;/m11../s1. The third-order valence-corrected chi connectivity index (χ3v) is 18.0. The minimum absolute atomic E-state index is 0. The molecule has 0 aliphatic carbocycles. The summed E-state index contributed by atoms with van der Waals surface area (Å²) in [6.45, 7) is 13.2. The van der Waals surface area contributed by atoms with Crippen LogP contribution in [0, 0.1) is 42.0 Å². The summed E-state index contributed by atoms with van der Waals surface area (Å²) < 4.78 is 60.4. The summed E-state index contributed by atoms with van der Waals surface area (Å²) in [6.07, 6.45) is 4.76. The fourth-order valence-corrected chi connectivity index (χ4v) is 9.36. The molecule has 6 aromatic carbocycles. The molecule has 2 saturated heterocycles. The Labute approximate surface area is 444 Å². The van der Waals surface area contributed by atoms with Crippen molar-refractivity contribution in [2.24, 2.45) is 11.8 Å². The van der Waals surface area contributed by atoms with Gasteiger partial charge in [-0.05, 0) is 156 Å². The number of allylic oxidation sites excluding steroid dienone is 2. The monoisotopic (exact) mass is 1130 g/mol. The Morgan fingerprint density at radius 3 is 1.32 bits per heavy atom. The number of phenolic OH excluding ortho intramolecular Hbond substituents is 1. The van der Waals surface area contributed by atoms with Crippen molar-refractivity contribution >= 4 is 42.7 Å². The van der Waals surface area contributed by atoms with Crippen molar-refractivity contribution in [2.45, 2.75) is 70.8 Å². The van der Waals surface area contributed by atoms with Crippen LogP contribution in [-0.4, -0.2) is 43.6 Å². The fraction of sp³-hybridized carbons (Fsp3) is 0.263. The molecular weight excluding hydrogens is 1070 g/mol. The van der Waals surface area contributed by atoms with Crippen molar-refractivity contribution in [3.8, 4) is 5.75 Å². The van der Waals surface area contributed by atoms with E-state index in [0.29, 0.717) is 42.0 Å². The van der Waals surface area contributed by atoms with Gasteiger partial charge in [-0.25, -0.2) is 17.6 Å². The SMILES string of the molecule is Cc1ccc([C@@H]2[C@@H](C/C=C(\CO[Si](C)(C)C(C)(C)C)c3ccc(F)cc3)C(=O)N2c2ccc(F)cc2)cc1.O=C1[C@H](C/C=C(\CO)c2ccc(F)cc2)[C@@H](c2ccc(O)cc2)N1c1ccc(F)cc1.[I-].[V]. The van der Waals surface area contributed by atoms with E-state index in [2.05, 4.69) is 52.1 Å². The molecule has 71 heavy (non-hydrogen) atoms. The van der Waals surface area contributed by atoms with Crippen LogP contribution in [0.15, 0.2) is 158 Å². The average molecular weight is 1130 g/mol. The molecule has 0 spiro atoms. The number of rotatable bonds is 14. The zero-order valence-corrected chi connectivity index (χ0v) is 45.1. The van der Waals surface area contributed by atoms with E-state index in [0.717, 1.165) is 27.8 Å². The number of carbonyl (C=O) groups is 2. The van der Waals surface area contributed by atoms with E-state index in [1.54, 1.807) is 88.7 Å². The van der Waals surface area contributed by atoms with Crippen molar-refractivity contribution in [1.29, 1.82) is 0 Å². The van der Waals surface area contributed by atoms with Gasteiger partial charge in [0.25, 0.3) is 0 Å². The smallest absolute Gasteiger partial charge is 0.233 e. The molecule has 2 heterocycles. The predicted molar refractivity (Wildman–Crippen MR) is 268 cm³/mol. The molecule has 6 aromatic rings. The van der Waals surface area contributed by atoms with Gasteiger partial charge in [0, 0.05) is 29.9 Å². The third kappa shape index (κ3) is 13.4. The minimum atomic E-state index is -2.03. The Kier molecular flexibility index (Phi) is 19.5. The van der Waals surface area contributed by atoms with Crippen molar-refractivity contribution in [3.63, 3.8) is 0 Å². The average Bonchev–Trinajstić information content (AvgIpc) is 3.32. The van der Waals surface area contributed by atoms with Crippen LogP contribution in [0.3, 0.4) is 0 Å². The van der Waals surface area contributed by atoms with E-state index >= 15 is 0 Å². The maximum absolute atomic E-state index is 13.7. The van der Waals surface area contributed by atoms with Crippen LogP contribution in [-0.2, 0) is 32.6 Å². The van der Waals surface area contributed by atoms with Crippen LogP contribution in [0.2, 0.25) is 18.1 Å². The maximum atomic E-state index is 13.7. The van der Waals surface area contributed by atoms with Crippen LogP contribution in [0.1, 0.15) is 73.5 Å². The second kappa shape index (κ2) is 24.4. The first kappa shape index (κ1) is 56.6. The van der Waals surface area contributed by atoms with Crippen molar-refractivity contribution in [2.75, 3.05) is 23.0 Å². The summed E-state index contributed by atoms with van der Waals surface area (Å²) in [5, 5.41) is 19.4. The van der Waals surface area contributed by atoms with Gasteiger partial charge in [0.05, 0.1) is 37.1 Å². The van der Waals surface area contributed by atoms with E-state index in [4.69, 9.17) is 4.43 Å². The molecule has 0 unspecified atom stereocenters. The van der Waals surface area contributed by atoms with Gasteiger partial charge in [0.1, 0.15) is 29.0 Å². The molecule has 0 saturated carbocycles. The molecule has 2 N–H and O–H groups in total. The van der Waals surface area contributed by atoms with Gasteiger partial charge >= 0.3 is 0 Å². The number of aliphatic hydroxyl groups is 1. The molecule has 4 atom stereocenters. The van der Waals surface area contributed by atoms with Gasteiger partial charge in [-0.2, -0.15) is 0 Å². The summed E-state index contributed by atoms with van der Waals surface area (Å²) in [6, 6.07) is 38.4. The summed E-state index contributed by atoms with van der Waals surface area (Å²) in [5.74, 6) is -2.03. The van der Waals surface area contributed by atoms with Crippen LogP contribution >= 0.6 is 0 Å². The molecule has 2 aliphatic rings. The molecular formula is C57H58F4IN2O5SiV-. The number of hydrogen-bond acceptors (Lipinski definition) is 5. The van der Waals surface area contributed by atoms with Gasteiger partial charge in [-0.3, -0.25) is 9.59 Å². The normalized spacial score (nSPS) is 18.1. The van der Waals surface area contributed by atoms with Gasteiger partial charge in [0.2, 0.25) is 11.8 Å². The van der Waals surface area contributed by atoms with E-state index < -0.39 is 14.2 Å². The number of aryl methyl sites for hydroxylation is 1. The molecule has 2 fully saturated rings. The first-order valence-electron chi connectivity index (χ1n) is 23.0. The molecule has 0 aromatic heterocycles. The van der Waals surface area contributed by atoms with E-state index in [1.165, 1.54) is 48.5 Å². The Bertz CT molecular complexity index is 2790. The summed E-state index contributed by atoms with van der Waals surface area (Å²) >= 11 is 0. The largest absolute Gasteiger partial charge is 1.00 e. The third-order valence-electron chi connectivity index (χ3n) is 13.5. The Morgan fingerprint density at radius 2 is 0.944 bits per heavy atom. The Hall–Kier alpha value is -5.29. The first-order chi connectivity index (χ1) is 32.8. The van der Waals surface area contributed by atoms with E-state index in [1.807, 2.05) is 19.1 Å². The maximum Gasteiger partial charge on any atom is 0.233 e. The molecule has 0 bridgehead atoms. The Balaban J connectivity index is 0.000000262. The van der Waals surface area contributed by atoms with Crippen molar-refractivity contribution < 1.29 is 84.3 Å². The zero-order valence-electron chi connectivity index (χ0n) is 40.5. The van der Waals surface area contributed by atoms with Crippen LogP contribution < -0.4 is 33.8 Å². The predicted octanol–water partition coefficient (Wildman–Crippen LogP) is 10.3. The summed E-state index contributed by atoms with van der Waals surface area (Å²) in [4.78, 5) is 29.9. The quantitative estimate of drug-likeness (QED) is 0.0491. The van der Waals surface area contributed by atoms with E-state index in [-0.39, 0.29) is 113 Å². The number of β-lactam (4-membered cyclic amide) rings is 2. The number of nitrogens with zero attached hydrogens (tertiary/aromatic N) is 2. The number of carbonyl (C=O) groups excluding carboxylic acids is 2. The van der Waals surface area contributed by atoms with Gasteiger partial charge < -0.3 is 48.4 Å². The molecule has 371 valence electrons. The van der Waals surface area contributed by atoms with E-state index in [9.17, 15) is 37.4 Å². The number of halogens is 5. The Morgan fingerprint density at radius 1 is 0.592 bits per heavy atom. The van der Waals surface area contributed by atoms with Crippen LogP contribution in [0.4, 0.5) is 28.9 Å². The summed E-state index contributed by atoms with van der Waals surface area (Å²) in [7, 11) is -2.03.